The number of hydrogen-bond donors (Lipinski definition) is 2. The van der Waals surface area contributed by atoms with Gasteiger partial charge in [-0.1, -0.05) is 0 Å². The van der Waals surface area contributed by atoms with E-state index in [1.807, 2.05) is 24.1 Å². The number of aliphatic hydroxyl groups excluding tert-OH is 2. The highest BCUT2D eigenvalue weighted by Crippen LogP contribution is 2.29. The Kier molecular flexibility index (Phi) is 3.86. The van der Waals surface area contributed by atoms with Gasteiger partial charge in [0.1, 0.15) is 5.75 Å². The van der Waals surface area contributed by atoms with Gasteiger partial charge in [0.2, 0.25) is 0 Å². The molecular weight excluding hydrogens is 218 g/mol. The molecule has 0 bridgehead atoms. The Labute approximate surface area is 101 Å². The lowest BCUT2D eigenvalue weighted by molar-refractivity contribution is 0.218. The first-order valence-electron chi connectivity index (χ1n) is 5.96. The topological polar surface area (TPSA) is 52.9 Å². The molecule has 17 heavy (non-hydrogen) atoms. The second-order valence-corrected chi connectivity index (χ2v) is 4.35. The van der Waals surface area contributed by atoms with E-state index < -0.39 is 0 Å². The summed E-state index contributed by atoms with van der Waals surface area (Å²) in [5.41, 5.74) is 2.27. The highest BCUT2D eigenvalue weighted by Gasteiger charge is 2.17. The van der Waals surface area contributed by atoms with Gasteiger partial charge >= 0.3 is 0 Å². The van der Waals surface area contributed by atoms with Gasteiger partial charge in [-0.25, -0.2) is 0 Å². The zero-order valence-electron chi connectivity index (χ0n) is 10.1. The fourth-order valence-electron chi connectivity index (χ4n) is 2.16. The highest BCUT2D eigenvalue weighted by atomic mass is 16.5. The minimum Gasteiger partial charge on any atom is -0.493 e. The zero-order valence-corrected chi connectivity index (χ0v) is 10.1. The molecule has 0 fully saturated rings. The van der Waals surface area contributed by atoms with Crippen LogP contribution in [0.5, 0.6) is 5.75 Å². The molecule has 0 spiro atoms. The van der Waals surface area contributed by atoms with Gasteiger partial charge in [-0.3, -0.25) is 0 Å². The van der Waals surface area contributed by atoms with Crippen LogP contribution in [-0.2, 0) is 6.42 Å². The molecule has 1 aromatic rings. The van der Waals surface area contributed by atoms with Gasteiger partial charge in [-0.2, -0.15) is 0 Å². The number of aliphatic hydroxyl groups is 2. The second-order valence-electron chi connectivity index (χ2n) is 4.35. The van der Waals surface area contributed by atoms with E-state index in [1.54, 1.807) is 0 Å². The third-order valence-electron chi connectivity index (χ3n) is 3.30. The second kappa shape index (κ2) is 5.38. The molecule has 0 radical (unpaired) electrons. The van der Waals surface area contributed by atoms with Crippen molar-refractivity contribution < 1.29 is 14.9 Å². The molecule has 1 unspecified atom stereocenters. The zero-order chi connectivity index (χ0) is 12.3. The average molecular weight is 237 g/mol. The fraction of sp³-hybridized carbons (Fsp3) is 0.538. The molecule has 2 rings (SSSR count). The number of ether oxygens (including phenoxy) is 1. The van der Waals surface area contributed by atoms with Gasteiger partial charge < -0.3 is 19.8 Å². The summed E-state index contributed by atoms with van der Waals surface area (Å²) < 4.78 is 5.46. The summed E-state index contributed by atoms with van der Waals surface area (Å²) in [6.45, 7) is 0.886. The van der Waals surface area contributed by atoms with Crippen molar-refractivity contribution in [2.45, 2.75) is 18.9 Å². The van der Waals surface area contributed by atoms with E-state index in [9.17, 15) is 5.11 Å². The lowest BCUT2D eigenvalue weighted by Crippen LogP contribution is -2.35. The smallest absolute Gasteiger partial charge is 0.122 e. The fourth-order valence-corrected chi connectivity index (χ4v) is 2.16. The molecule has 4 heteroatoms. The molecule has 1 aromatic carbocycles. The average Bonchev–Trinajstić information content (AvgIpc) is 2.82. The van der Waals surface area contributed by atoms with E-state index in [0.29, 0.717) is 6.42 Å². The monoisotopic (exact) mass is 237 g/mol. The minimum absolute atomic E-state index is 0.0413. The van der Waals surface area contributed by atoms with Crippen molar-refractivity contribution in [2.24, 2.45) is 0 Å². The molecule has 0 aliphatic carbocycles. The van der Waals surface area contributed by atoms with Crippen LogP contribution in [0.2, 0.25) is 0 Å². The number of benzene rings is 1. The predicted molar refractivity (Wildman–Crippen MR) is 66.6 cm³/mol. The van der Waals surface area contributed by atoms with Crippen LogP contribution in [0.15, 0.2) is 18.2 Å². The molecule has 0 aromatic heterocycles. The quantitative estimate of drug-likeness (QED) is 0.795. The van der Waals surface area contributed by atoms with Crippen LogP contribution in [0.3, 0.4) is 0 Å². The Balaban J connectivity index is 2.15. The molecule has 1 atom stereocenters. The molecule has 1 aliphatic rings. The first-order valence-corrected chi connectivity index (χ1v) is 5.96. The predicted octanol–water partition coefficient (Wildman–Crippen LogP) is 0.801. The maximum absolute atomic E-state index is 9.30. The van der Waals surface area contributed by atoms with Crippen LogP contribution in [0.1, 0.15) is 12.0 Å². The number of nitrogens with zero attached hydrogens (tertiary/aromatic N) is 1. The number of likely N-dealkylation sites (N-methyl/N-ethyl adjacent to an activating group) is 1. The standard InChI is InChI=1S/C13H19NO3/c1-14(12(9-16)4-6-15)11-2-3-13-10(8-11)5-7-17-13/h2-3,8,12,15-16H,4-7,9H2,1H3. The molecule has 4 nitrogen and oxygen atoms in total. The van der Waals surface area contributed by atoms with E-state index in [-0.39, 0.29) is 19.3 Å². The maximum Gasteiger partial charge on any atom is 0.122 e. The first kappa shape index (κ1) is 12.2. The van der Waals surface area contributed by atoms with Gasteiger partial charge in [-0.05, 0) is 30.2 Å². The third-order valence-corrected chi connectivity index (χ3v) is 3.30. The number of rotatable bonds is 5. The molecule has 1 aliphatic heterocycles. The molecule has 2 N–H and O–H groups in total. The highest BCUT2D eigenvalue weighted by molar-refractivity contribution is 5.54. The van der Waals surface area contributed by atoms with Crippen molar-refractivity contribution in [1.29, 1.82) is 0 Å². The molecule has 0 saturated carbocycles. The SMILES string of the molecule is CN(c1ccc2c(c1)CCO2)C(CO)CCO. The van der Waals surface area contributed by atoms with E-state index in [2.05, 4.69) is 6.07 Å². The molecule has 94 valence electrons. The summed E-state index contributed by atoms with van der Waals surface area (Å²) in [6.07, 6.45) is 1.52. The number of fused-ring (bicyclic) bond motifs is 1. The summed E-state index contributed by atoms with van der Waals surface area (Å²) in [5, 5.41) is 18.3. The van der Waals surface area contributed by atoms with Gasteiger partial charge in [0, 0.05) is 25.8 Å². The van der Waals surface area contributed by atoms with E-state index >= 15 is 0 Å². The Bertz CT molecular complexity index is 381. The van der Waals surface area contributed by atoms with Gasteiger partial charge in [0.05, 0.1) is 19.3 Å². The van der Waals surface area contributed by atoms with Crippen LogP contribution in [0.25, 0.3) is 0 Å². The van der Waals surface area contributed by atoms with Crippen molar-refractivity contribution in [2.75, 3.05) is 31.8 Å². The maximum atomic E-state index is 9.30. The van der Waals surface area contributed by atoms with Gasteiger partial charge in [0.25, 0.3) is 0 Å². The van der Waals surface area contributed by atoms with Gasteiger partial charge in [0.15, 0.2) is 0 Å². The van der Waals surface area contributed by atoms with E-state index in [1.165, 1.54) is 5.56 Å². The lowest BCUT2D eigenvalue weighted by atomic mass is 10.1. The third kappa shape index (κ3) is 2.53. The summed E-state index contributed by atoms with van der Waals surface area (Å²) >= 11 is 0. The Morgan fingerprint density at radius 1 is 1.41 bits per heavy atom. The Morgan fingerprint density at radius 3 is 2.94 bits per heavy atom. The summed E-state index contributed by atoms with van der Waals surface area (Å²) in [6, 6.07) is 6.02. The van der Waals surface area contributed by atoms with Crippen LogP contribution >= 0.6 is 0 Å². The van der Waals surface area contributed by atoms with Crippen LogP contribution in [0.4, 0.5) is 5.69 Å². The van der Waals surface area contributed by atoms with Crippen molar-refractivity contribution in [1.82, 2.24) is 0 Å². The molecular formula is C13H19NO3. The lowest BCUT2D eigenvalue weighted by Gasteiger charge is -2.28. The van der Waals surface area contributed by atoms with Gasteiger partial charge in [-0.15, -0.1) is 0 Å². The molecule has 0 saturated heterocycles. The van der Waals surface area contributed by atoms with E-state index in [0.717, 1.165) is 24.5 Å². The minimum atomic E-state index is -0.0413. The normalized spacial score (nSPS) is 15.2. The largest absolute Gasteiger partial charge is 0.493 e. The summed E-state index contributed by atoms with van der Waals surface area (Å²) in [5.74, 6) is 0.963. The van der Waals surface area contributed by atoms with Crippen LogP contribution in [0, 0.1) is 0 Å². The van der Waals surface area contributed by atoms with Crippen molar-refractivity contribution in [3.8, 4) is 5.75 Å². The summed E-state index contributed by atoms with van der Waals surface area (Å²) in [4.78, 5) is 2.01. The first-order chi connectivity index (χ1) is 8.26. The molecule has 1 heterocycles. The molecule has 0 amide bonds. The number of anilines is 1. The van der Waals surface area contributed by atoms with Crippen LogP contribution in [-0.4, -0.2) is 43.1 Å². The Morgan fingerprint density at radius 2 is 2.24 bits per heavy atom. The van der Waals surface area contributed by atoms with Crippen molar-refractivity contribution in [3.63, 3.8) is 0 Å². The number of hydrogen-bond acceptors (Lipinski definition) is 4. The van der Waals surface area contributed by atoms with E-state index in [4.69, 9.17) is 9.84 Å². The Hall–Kier alpha value is -1.26. The van der Waals surface area contributed by atoms with Crippen molar-refractivity contribution >= 4 is 5.69 Å². The van der Waals surface area contributed by atoms with Crippen LogP contribution < -0.4 is 9.64 Å². The van der Waals surface area contributed by atoms with Crippen molar-refractivity contribution in [3.05, 3.63) is 23.8 Å². The summed E-state index contributed by atoms with van der Waals surface area (Å²) in [7, 11) is 1.94.